The Labute approximate surface area is 154 Å². The molecule has 1 aliphatic heterocycles. The molecular formula is C23H39NO. The van der Waals surface area contributed by atoms with Gasteiger partial charge in [-0.1, -0.05) is 26.7 Å². The quantitative estimate of drug-likeness (QED) is 0.624. The predicted octanol–water partition coefficient (Wildman–Crippen LogP) is 5.51. The van der Waals surface area contributed by atoms with Crippen molar-refractivity contribution in [3.8, 4) is 0 Å². The Kier molecular flexibility index (Phi) is 3.58. The van der Waals surface area contributed by atoms with E-state index < -0.39 is 0 Å². The maximum Gasteiger partial charge on any atom is 0.114 e. The van der Waals surface area contributed by atoms with Crippen molar-refractivity contribution < 1.29 is 4.74 Å². The van der Waals surface area contributed by atoms with Crippen LogP contribution in [-0.4, -0.2) is 17.9 Å². The summed E-state index contributed by atoms with van der Waals surface area (Å²) in [6, 6.07) is 0. The van der Waals surface area contributed by atoms with E-state index in [-0.39, 0.29) is 11.3 Å². The normalized spacial score (nSPS) is 57.1. The third kappa shape index (κ3) is 2.16. The molecule has 0 aromatic heterocycles. The maximum atomic E-state index is 6.77. The number of hydrogen-bond donors (Lipinski definition) is 1. The van der Waals surface area contributed by atoms with E-state index in [0.717, 1.165) is 30.2 Å². The summed E-state index contributed by atoms with van der Waals surface area (Å²) < 4.78 is 6.77. The van der Waals surface area contributed by atoms with Gasteiger partial charge >= 0.3 is 0 Å². The Balaban J connectivity index is 1.46. The lowest BCUT2D eigenvalue weighted by molar-refractivity contribution is -0.180. The molecule has 0 radical (unpaired) electrons. The minimum absolute atomic E-state index is 0.108. The van der Waals surface area contributed by atoms with Crippen molar-refractivity contribution in [3.05, 3.63) is 0 Å². The van der Waals surface area contributed by atoms with Crippen LogP contribution in [0.2, 0.25) is 0 Å². The summed E-state index contributed by atoms with van der Waals surface area (Å²) in [6.45, 7) is 10.8. The summed E-state index contributed by atoms with van der Waals surface area (Å²) in [5, 5.41) is 3.69. The second-order valence-electron chi connectivity index (χ2n) is 11.4. The Morgan fingerprint density at radius 3 is 2.36 bits per heavy atom. The highest BCUT2D eigenvalue weighted by atomic mass is 16.6. The van der Waals surface area contributed by atoms with Crippen LogP contribution >= 0.6 is 0 Å². The van der Waals surface area contributed by atoms with Gasteiger partial charge in [0, 0.05) is 12.0 Å². The highest BCUT2D eigenvalue weighted by Crippen LogP contribution is 2.69. The molecule has 1 heterocycles. The minimum atomic E-state index is -0.137. The largest absolute Gasteiger partial charge is 0.353 e. The number of fused-ring (bicyclic) bond motifs is 6. The highest BCUT2D eigenvalue weighted by molar-refractivity contribution is 5.17. The van der Waals surface area contributed by atoms with Gasteiger partial charge in [0.15, 0.2) is 0 Å². The third-order valence-corrected chi connectivity index (χ3v) is 10.1. The van der Waals surface area contributed by atoms with E-state index in [1.807, 2.05) is 0 Å². The van der Waals surface area contributed by atoms with Crippen LogP contribution in [0.15, 0.2) is 0 Å². The van der Waals surface area contributed by atoms with Gasteiger partial charge in [0.25, 0.3) is 0 Å². The molecule has 5 rings (SSSR count). The van der Waals surface area contributed by atoms with Crippen LogP contribution in [0.25, 0.3) is 0 Å². The van der Waals surface area contributed by atoms with Crippen molar-refractivity contribution in [2.24, 2.45) is 34.5 Å². The second kappa shape index (κ2) is 5.25. The molecule has 25 heavy (non-hydrogen) atoms. The van der Waals surface area contributed by atoms with Crippen molar-refractivity contribution >= 4 is 0 Å². The molecule has 1 N–H and O–H groups in total. The van der Waals surface area contributed by atoms with Gasteiger partial charge in [-0.2, -0.15) is 0 Å². The fourth-order valence-corrected chi connectivity index (χ4v) is 8.76. The topological polar surface area (TPSA) is 21.3 Å². The van der Waals surface area contributed by atoms with Crippen molar-refractivity contribution in [2.75, 3.05) is 6.54 Å². The Hall–Kier alpha value is -0.0800. The molecule has 4 saturated carbocycles. The molecule has 2 heteroatoms. The SMILES string of the molecule is CC1(C)NC[C@]2(CC[C@@H]3[C@H]4CC[C@H]5CCCC[C@]5(C)[C@@H]4CC[C@@]32C)O1. The maximum absolute atomic E-state index is 6.77. The summed E-state index contributed by atoms with van der Waals surface area (Å²) in [4.78, 5) is 0. The molecule has 0 aromatic carbocycles. The Morgan fingerprint density at radius 1 is 0.800 bits per heavy atom. The molecule has 0 unspecified atom stereocenters. The zero-order chi connectivity index (χ0) is 17.5. The van der Waals surface area contributed by atoms with E-state index in [4.69, 9.17) is 4.74 Å². The smallest absolute Gasteiger partial charge is 0.114 e. The first-order chi connectivity index (χ1) is 11.8. The number of hydrogen-bond acceptors (Lipinski definition) is 2. The Bertz CT molecular complexity index is 558. The van der Waals surface area contributed by atoms with Crippen LogP contribution < -0.4 is 5.32 Å². The van der Waals surface area contributed by atoms with Gasteiger partial charge in [0.2, 0.25) is 0 Å². The minimum Gasteiger partial charge on any atom is -0.353 e. The van der Waals surface area contributed by atoms with Gasteiger partial charge in [0.05, 0.1) is 5.60 Å². The van der Waals surface area contributed by atoms with Crippen molar-refractivity contribution in [1.82, 2.24) is 5.32 Å². The summed E-state index contributed by atoms with van der Waals surface area (Å²) in [6.07, 6.45) is 14.6. The first-order valence-corrected chi connectivity index (χ1v) is 11.2. The second-order valence-corrected chi connectivity index (χ2v) is 11.4. The summed E-state index contributed by atoms with van der Waals surface area (Å²) in [5.41, 5.74) is 1.03. The van der Waals surface area contributed by atoms with Crippen LogP contribution in [0.1, 0.15) is 91.9 Å². The fraction of sp³-hybridized carbons (Fsp3) is 1.00. The lowest BCUT2D eigenvalue weighted by Crippen LogP contribution is -2.57. The lowest BCUT2D eigenvalue weighted by Gasteiger charge is -2.61. The van der Waals surface area contributed by atoms with Crippen molar-refractivity contribution in [2.45, 2.75) is 103 Å². The van der Waals surface area contributed by atoms with E-state index in [9.17, 15) is 0 Å². The highest BCUT2D eigenvalue weighted by Gasteiger charge is 2.67. The van der Waals surface area contributed by atoms with Gasteiger partial charge in [-0.3, -0.25) is 5.32 Å². The first kappa shape index (κ1) is 17.0. The third-order valence-electron chi connectivity index (χ3n) is 10.1. The van der Waals surface area contributed by atoms with Gasteiger partial charge < -0.3 is 4.74 Å². The fourth-order valence-electron chi connectivity index (χ4n) is 8.76. The Morgan fingerprint density at radius 2 is 1.60 bits per heavy atom. The average Bonchev–Trinajstić information content (AvgIpc) is 3.04. The summed E-state index contributed by atoms with van der Waals surface area (Å²) >= 11 is 0. The molecule has 5 aliphatic rings. The molecule has 2 nitrogen and oxygen atoms in total. The number of nitrogens with one attached hydrogen (secondary N) is 1. The first-order valence-electron chi connectivity index (χ1n) is 11.2. The number of ether oxygens (including phenoxy) is 1. The van der Waals surface area contributed by atoms with Crippen molar-refractivity contribution in [1.29, 1.82) is 0 Å². The molecule has 1 spiro atoms. The van der Waals surface area contributed by atoms with Crippen LogP contribution in [-0.2, 0) is 4.74 Å². The van der Waals surface area contributed by atoms with Gasteiger partial charge in [-0.05, 0) is 94.3 Å². The van der Waals surface area contributed by atoms with Gasteiger partial charge in [0.1, 0.15) is 5.72 Å². The molecule has 7 atom stereocenters. The summed E-state index contributed by atoms with van der Waals surface area (Å²) in [5.74, 6) is 3.92. The van der Waals surface area contributed by atoms with Crippen LogP contribution in [0, 0.1) is 34.5 Å². The van der Waals surface area contributed by atoms with E-state index in [2.05, 4.69) is 33.0 Å². The van der Waals surface area contributed by atoms with Crippen LogP contribution in [0.3, 0.4) is 0 Å². The lowest BCUT2D eigenvalue weighted by atomic mass is 9.44. The molecule has 0 aromatic rings. The molecule has 142 valence electrons. The van der Waals surface area contributed by atoms with E-state index >= 15 is 0 Å². The van der Waals surface area contributed by atoms with E-state index in [1.165, 1.54) is 64.2 Å². The van der Waals surface area contributed by atoms with Crippen LogP contribution in [0.5, 0.6) is 0 Å². The molecule has 4 aliphatic carbocycles. The molecule has 5 fully saturated rings. The summed E-state index contributed by atoms with van der Waals surface area (Å²) in [7, 11) is 0. The average molecular weight is 346 g/mol. The molecule has 1 saturated heterocycles. The molecular weight excluding hydrogens is 306 g/mol. The van der Waals surface area contributed by atoms with Gasteiger partial charge in [-0.25, -0.2) is 0 Å². The zero-order valence-corrected chi connectivity index (χ0v) is 17.0. The molecule has 0 amide bonds. The van der Waals surface area contributed by atoms with Crippen molar-refractivity contribution in [3.63, 3.8) is 0 Å². The standard InChI is InChI=1S/C23H39NO/c1-20(2)24-15-23(25-20)14-11-19-17-9-8-16-7-5-6-12-21(16,3)18(17)10-13-22(19,23)4/h16-19,24H,5-15H2,1-4H3/t16-,17+,18-,19-,21+,22+,23+/m1/s1. The van der Waals surface area contributed by atoms with Crippen LogP contribution in [0.4, 0.5) is 0 Å². The predicted molar refractivity (Wildman–Crippen MR) is 102 cm³/mol. The van der Waals surface area contributed by atoms with E-state index in [0.29, 0.717) is 10.8 Å². The van der Waals surface area contributed by atoms with Gasteiger partial charge in [-0.15, -0.1) is 0 Å². The number of rotatable bonds is 0. The zero-order valence-electron chi connectivity index (χ0n) is 17.0. The monoisotopic (exact) mass is 345 g/mol. The molecule has 0 bridgehead atoms. The van der Waals surface area contributed by atoms with E-state index in [1.54, 1.807) is 0 Å².